The van der Waals surface area contributed by atoms with Crippen molar-refractivity contribution in [3.63, 3.8) is 0 Å². The van der Waals surface area contributed by atoms with Crippen LogP contribution in [-0.2, 0) is 0 Å². The highest BCUT2D eigenvalue weighted by Gasteiger charge is 2.26. The second-order valence-electron chi connectivity index (χ2n) is 9.37. The molecule has 2 rings (SSSR count). The molecule has 0 aromatic heterocycles. The molecule has 180 valence electrons. The first-order chi connectivity index (χ1) is 14.7. The molecule has 0 saturated carbocycles. The summed E-state index contributed by atoms with van der Waals surface area (Å²) in [5.74, 6) is -0.702. The lowest BCUT2D eigenvalue weighted by molar-refractivity contribution is -0.891. The fraction of sp³-hybridized carbons (Fsp3) is 0.538. The number of nitrogens with zero attached hydrogens (tertiary/aromatic N) is 1. The van der Waals surface area contributed by atoms with Gasteiger partial charge in [0.15, 0.2) is 23.0 Å². The van der Waals surface area contributed by atoms with Gasteiger partial charge in [-0.3, -0.25) is 0 Å². The summed E-state index contributed by atoms with van der Waals surface area (Å²) in [5, 5.41) is 39.5. The smallest absolute Gasteiger partial charge is 0.157 e. The lowest BCUT2D eigenvalue weighted by atomic mass is 9.89. The summed E-state index contributed by atoms with van der Waals surface area (Å²) < 4.78 is 0.795. The molecule has 0 unspecified atom stereocenters. The van der Waals surface area contributed by atoms with Crippen molar-refractivity contribution in [3.8, 4) is 23.0 Å². The van der Waals surface area contributed by atoms with Gasteiger partial charge < -0.3 is 41.9 Å². The van der Waals surface area contributed by atoms with E-state index >= 15 is 0 Å². The number of phenolic OH excluding ortho intramolecular Hbond substituents is 4. The van der Waals surface area contributed by atoms with E-state index in [0.29, 0.717) is 0 Å². The molecule has 2 aromatic carbocycles. The normalized spacial score (nSPS) is 11.5. The van der Waals surface area contributed by atoms with Crippen molar-refractivity contribution >= 4 is 0 Å². The maximum Gasteiger partial charge on any atom is 0.157 e. The van der Waals surface area contributed by atoms with Gasteiger partial charge >= 0.3 is 0 Å². The molecule has 5 nitrogen and oxygen atoms in total. The highest BCUT2D eigenvalue weighted by atomic mass is 79.9. The van der Waals surface area contributed by atoms with Gasteiger partial charge in [-0.05, 0) is 48.2 Å². The molecule has 0 fully saturated rings. The standard InChI is InChI=1S/C26H39NO4.BrH/c1-4-5-6-7-8-9-10-11-16-27(2,3)19-22(20-12-14-23(28)25(30)17-20)21-13-15-24(29)26(31)18-21;/h12-15,17-18,22H,4-11,16,19H2,1-3H3,(H3-,28,29,30,31);1H. The first-order valence-electron chi connectivity index (χ1n) is 11.6. The molecule has 6 heteroatoms. The Morgan fingerprint density at radius 1 is 0.656 bits per heavy atom. The fourth-order valence-corrected chi connectivity index (χ4v) is 4.18. The number of unbranched alkanes of at least 4 members (excludes halogenated alkanes) is 7. The summed E-state index contributed by atoms with van der Waals surface area (Å²) in [6.45, 7) is 4.05. The number of likely N-dealkylation sites (N-methyl/N-ethyl adjacent to an activating group) is 1. The van der Waals surface area contributed by atoms with Gasteiger partial charge in [0.05, 0.1) is 33.1 Å². The van der Waals surface area contributed by atoms with Crippen LogP contribution in [0.1, 0.15) is 75.3 Å². The zero-order chi connectivity index (χ0) is 22.9. The Bertz CT molecular complexity index is 774. The first-order valence-corrected chi connectivity index (χ1v) is 11.6. The summed E-state index contributed by atoms with van der Waals surface area (Å²) in [5.41, 5.74) is 1.73. The lowest BCUT2D eigenvalue weighted by Crippen LogP contribution is -3.00. The number of rotatable bonds is 13. The molecule has 0 atom stereocenters. The van der Waals surface area contributed by atoms with E-state index in [9.17, 15) is 20.4 Å². The fourth-order valence-electron chi connectivity index (χ4n) is 4.18. The van der Waals surface area contributed by atoms with E-state index in [-0.39, 0.29) is 45.9 Å². The highest BCUT2D eigenvalue weighted by molar-refractivity contribution is 5.47. The topological polar surface area (TPSA) is 80.9 Å². The third-order valence-corrected chi connectivity index (χ3v) is 6.10. The van der Waals surface area contributed by atoms with Gasteiger partial charge in [-0.15, -0.1) is 0 Å². The molecule has 0 saturated heterocycles. The second-order valence-corrected chi connectivity index (χ2v) is 9.37. The van der Waals surface area contributed by atoms with Crippen molar-refractivity contribution in [2.45, 2.75) is 64.2 Å². The minimum atomic E-state index is -0.154. The highest BCUT2D eigenvalue weighted by Crippen LogP contribution is 2.36. The van der Waals surface area contributed by atoms with Gasteiger partial charge in [0, 0.05) is 0 Å². The molecule has 0 aliphatic heterocycles. The molecule has 0 amide bonds. The Morgan fingerprint density at radius 2 is 1.09 bits per heavy atom. The molecular formula is C26H40BrNO4. The van der Waals surface area contributed by atoms with Gasteiger partial charge in [-0.2, -0.15) is 0 Å². The molecule has 2 aromatic rings. The number of phenols is 4. The molecule has 0 radical (unpaired) electrons. The van der Waals surface area contributed by atoms with Crippen molar-refractivity contribution in [2.75, 3.05) is 27.2 Å². The molecule has 0 aliphatic rings. The van der Waals surface area contributed by atoms with Crippen LogP contribution in [0.5, 0.6) is 23.0 Å². The third-order valence-electron chi connectivity index (χ3n) is 6.10. The van der Waals surface area contributed by atoms with Crippen LogP contribution in [0.25, 0.3) is 0 Å². The number of halogens is 1. The van der Waals surface area contributed by atoms with Crippen LogP contribution in [0.2, 0.25) is 0 Å². The van der Waals surface area contributed by atoms with Crippen LogP contribution in [-0.4, -0.2) is 52.1 Å². The number of quaternary nitrogens is 1. The van der Waals surface area contributed by atoms with Crippen molar-refractivity contribution in [2.24, 2.45) is 0 Å². The van der Waals surface area contributed by atoms with Crippen molar-refractivity contribution in [1.82, 2.24) is 0 Å². The van der Waals surface area contributed by atoms with Crippen LogP contribution in [0, 0.1) is 0 Å². The van der Waals surface area contributed by atoms with E-state index in [1.165, 1.54) is 57.1 Å². The van der Waals surface area contributed by atoms with Crippen LogP contribution in [0.4, 0.5) is 0 Å². The summed E-state index contributed by atoms with van der Waals surface area (Å²) in [7, 11) is 4.41. The monoisotopic (exact) mass is 509 g/mol. The average molecular weight is 511 g/mol. The SMILES string of the molecule is CCCCCCCCCC[N+](C)(C)CC(c1ccc(O)c(O)c1)c1ccc(O)c(O)c1.[Br-]. The number of hydrogen-bond acceptors (Lipinski definition) is 4. The molecule has 0 spiro atoms. The Labute approximate surface area is 203 Å². The second kappa shape index (κ2) is 13.6. The van der Waals surface area contributed by atoms with Crippen LogP contribution in [0.3, 0.4) is 0 Å². The summed E-state index contributed by atoms with van der Waals surface area (Å²) in [6, 6.07) is 9.77. The van der Waals surface area contributed by atoms with E-state index in [4.69, 9.17) is 0 Å². The largest absolute Gasteiger partial charge is 1.00 e. The Kier molecular flexibility index (Phi) is 11.9. The van der Waals surface area contributed by atoms with E-state index in [1.807, 2.05) is 0 Å². The Morgan fingerprint density at radius 3 is 1.53 bits per heavy atom. The first kappa shape index (κ1) is 28.1. The zero-order valence-corrected chi connectivity index (χ0v) is 21.3. The zero-order valence-electron chi connectivity index (χ0n) is 19.7. The predicted octanol–water partition coefficient (Wildman–Crippen LogP) is 2.86. The number of aromatic hydroxyl groups is 4. The van der Waals surface area contributed by atoms with Crippen molar-refractivity contribution in [1.29, 1.82) is 0 Å². The van der Waals surface area contributed by atoms with Crippen LogP contribution >= 0.6 is 0 Å². The van der Waals surface area contributed by atoms with Gasteiger partial charge in [-0.1, -0.05) is 57.6 Å². The maximum absolute atomic E-state index is 10.0. The van der Waals surface area contributed by atoms with Crippen molar-refractivity contribution < 1.29 is 41.9 Å². The Balaban J connectivity index is 0.00000512. The van der Waals surface area contributed by atoms with Gasteiger partial charge in [0.25, 0.3) is 0 Å². The number of benzene rings is 2. The molecule has 0 heterocycles. The minimum Gasteiger partial charge on any atom is -1.00 e. The maximum atomic E-state index is 10.0. The van der Waals surface area contributed by atoms with Crippen LogP contribution in [0.15, 0.2) is 36.4 Å². The molecular weight excluding hydrogens is 470 g/mol. The van der Waals surface area contributed by atoms with Crippen molar-refractivity contribution in [3.05, 3.63) is 47.5 Å². The van der Waals surface area contributed by atoms with E-state index in [0.717, 1.165) is 35.1 Å². The Hall–Kier alpha value is -1.92. The lowest BCUT2D eigenvalue weighted by Gasteiger charge is -2.34. The summed E-state index contributed by atoms with van der Waals surface area (Å²) in [4.78, 5) is 0. The van der Waals surface area contributed by atoms with Crippen LogP contribution < -0.4 is 17.0 Å². The van der Waals surface area contributed by atoms with E-state index < -0.39 is 0 Å². The molecule has 0 bridgehead atoms. The molecule has 0 aliphatic carbocycles. The van der Waals surface area contributed by atoms with Gasteiger partial charge in [-0.25, -0.2) is 0 Å². The molecule has 4 N–H and O–H groups in total. The van der Waals surface area contributed by atoms with E-state index in [1.54, 1.807) is 24.3 Å². The summed E-state index contributed by atoms with van der Waals surface area (Å²) in [6.07, 6.45) is 10.3. The molecule has 32 heavy (non-hydrogen) atoms. The minimum absolute atomic E-state index is 0. The van der Waals surface area contributed by atoms with Gasteiger partial charge in [0.2, 0.25) is 0 Å². The third kappa shape index (κ3) is 8.91. The van der Waals surface area contributed by atoms with E-state index in [2.05, 4.69) is 21.0 Å². The van der Waals surface area contributed by atoms with Gasteiger partial charge in [0.1, 0.15) is 0 Å². The summed E-state index contributed by atoms with van der Waals surface area (Å²) >= 11 is 0. The number of hydrogen-bond donors (Lipinski definition) is 4. The average Bonchev–Trinajstić information content (AvgIpc) is 2.72. The predicted molar refractivity (Wildman–Crippen MR) is 126 cm³/mol. The quantitative estimate of drug-likeness (QED) is 0.190.